The van der Waals surface area contributed by atoms with E-state index >= 15 is 0 Å². The summed E-state index contributed by atoms with van der Waals surface area (Å²) in [4.78, 5) is 3.88. The average Bonchev–Trinajstić information content (AvgIpc) is 2.57. The van der Waals surface area contributed by atoms with Gasteiger partial charge < -0.3 is 4.42 Å². The molecule has 3 nitrogen and oxygen atoms in total. The van der Waals surface area contributed by atoms with Crippen LogP contribution in [0.3, 0.4) is 0 Å². The maximum atomic E-state index is 11.2. The van der Waals surface area contributed by atoms with E-state index in [1.165, 1.54) is 18.5 Å². The summed E-state index contributed by atoms with van der Waals surface area (Å²) in [5, 5.41) is 11.2. The molecule has 0 saturated carbocycles. The number of hydrogen-bond donors (Lipinski definition) is 0. The lowest BCUT2D eigenvalue weighted by Crippen LogP contribution is -1.75. The van der Waals surface area contributed by atoms with Gasteiger partial charge in [-0.05, 0) is 12.1 Å². The molecule has 0 aliphatic rings. The Morgan fingerprint density at radius 3 is 2.75 bits per heavy atom. The Balaban J connectivity index is 2.55. The number of nitrogens with zero attached hydrogens (tertiary/aromatic N) is 1. The first-order chi connectivity index (χ1) is 5.88. The molecule has 0 amide bonds. The molecule has 0 fully saturated rings. The fraction of sp³-hybridized carbons (Fsp3) is 0. The van der Waals surface area contributed by atoms with E-state index in [1.807, 2.05) is 0 Å². The van der Waals surface area contributed by atoms with Gasteiger partial charge in [0.05, 0.1) is 11.8 Å². The first-order valence-electron chi connectivity index (χ1n) is 3.54. The zero-order valence-electron chi connectivity index (χ0n) is 6.23. The van der Waals surface area contributed by atoms with E-state index in [4.69, 9.17) is 4.42 Å². The third-order valence-corrected chi connectivity index (χ3v) is 1.55. The summed E-state index contributed by atoms with van der Waals surface area (Å²) in [5.41, 5.74) is 0.502. The molecule has 59 valence electrons. The predicted octanol–water partition coefficient (Wildman–Crippen LogP) is 2.49. The molecular formula is C9H6NO2. The van der Waals surface area contributed by atoms with Crippen LogP contribution >= 0.6 is 0 Å². The molecule has 0 aliphatic heterocycles. The van der Waals surface area contributed by atoms with Crippen molar-refractivity contribution in [3.8, 4) is 17.2 Å². The van der Waals surface area contributed by atoms with Crippen molar-refractivity contribution >= 4 is 0 Å². The smallest absolute Gasteiger partial charge is 0.229 e. The quantitative estimate of drug-likeness (QED) is 0.643. The normalized spacial score (nSPS) is 10.0. The third-order valence-electron chi connectivity index (χ3n) is 1.55. The highest BCUT2D eigenvalue weighted by Crippen LogP contribution is 2.27. The predicted molar refractivity (Wildman–Crippen MR) is 42.1 cm³/mol. The Bertz CT molecular complexity index is 368. The van der Waals surface area contributed by atoms with Gasteiger partial charge >= 0.3 is 0 Å². The number of rotatable bonds is 1. The lowest BCUT2D eigenvalue weighted by atomic mass is 10.2. The van der Waals surface area contributed by atoms with Gasteiger partial charge in [0, 0.05) is 0 Å². The van der Waals surface area contributed by atoms with Gasteiger partial charge in [-0.25, -0.2) is 4.98 Å². The molecule has 1 aromatic carbocycles. The minimum Gasteiger partial charge on any atom is -0.444 e. The Kier molecular flexibility index (Phi) is 1.55. The molecule has 0 N–H and O–H groups in total. The molecule has 0 saturated heterocycles. The summed E-state index contributed by atoms with van der Waals surface area (Å²) in [6, 6.07) is 6.64. The van der Waals surface area contributed by atoms with Crippen LogP contribution in [-0.4, -0.2) is 4.98 Å². The lowest BCUT2D eigenvalue weighted by Gasteiger charge is -1.94. The molecule has 1 radical (unpaired) electrons. The molecule has 0 unspecified atom stereocenters. The van der Waals surface area contributed by atoms with Gasteiger partial charge in [-0.2, -0.15) is 0 Å². The number of aromatic nitrogens is 1. The van der Waals surface area contributed by atoms with Crippen LogP contribution in [-0.2, 0) is 5.11 Å². The molecular weight excluding hydrogens is 154 g/mol. The molecule has 2 aromatic rings. The van der Waals surface area contributed by atoms with Crippen molar-refractivity contribution in [2.75, 3.05) is 0 Å². The first kappa shape index (κ1) is 6.91. The van der Waals surface area contributed by atoms with Gasteiger partial charge in [0.15, 0.2) is 5.75 Å². The summed E-state index contributed by atoms with van der Waals surface area (Å²) >= 11 is 0. The van der Waals surface area contributed by atoms with Gasteiger partial charge in [-0.1, -0.05) is 12.1 Å². The highest BCUT2D eigenvalue weighted by atomic mass is 16.3. The zero-order chi connectivity index (χ0) is 8.39. The summed E-state index contributed by atoms with van der Waals surface area (Å²) in [7, 11) is 0. The highest BCUT2D eigenvalue weighted by Gasteiger charge is 2.07. The number of hydrogen-bond acceptors (Lipinski definition) is 2. The van der Waals surface area contributed by atoms with Crippen LogP contribution in [0.2, 0.25) is 0 Å². The van der Waals surface area contributed by atoms with Crippen LogP contribution in [0.15, 0.2) is 41.1 Å². The third kappa shape index (κ3) is 1.05. The van der Waals surface area contributed by atoms with E-state index in [0.717, 1.165) is 0 Å². The first-order valence-corrected chi connectivity index (χ1v) is 3.54. The lowest BCUT2D eigenvalue weighted by molar-refractivity contribution is 0.355. The minimum atomic E-state index is -0.0695. The highest BCUT2D eigenvalue weighted by molar-refractivity contribution is 5.61. The van der Waals surface area contributed by atoms with Crippen molar-refractivity contribution < 1.29 is 9.52 Å². The Hall–Kier alpha value is -1.77. The van der Waals surface area contributed by atoms with Crippen molar-refractivity contribution in [3.63, 3.8) is 0 Å². The van der Waals surface area contributed by atoms with Crippen LogP contribution in [0.4, 0.5) is 0 Å². The Morgan fingerprint density at radius 2 is 2.08 bits per heavy atom. The molecule has 1 aromatic heterocycles. The minimum absolute atomic E-state index is 0.0695. The van der Waals surface area contributed by atoms with E-state index in [1.54, 1.807) is 18.2 Å². The van der Waals surface area contributed by atoms with Crippen LogP contribution in [0.5, 0.6) is 5.75 Å². The fourth-order valence-electron chi connectivity index (χ4n) is 1.000. The van der Waals surface area contributed by atoms with Crippen molar-refractivity contribution in [1.82, 2.24) is 4.98 Å². The second-order valence-electron chi connectivity index (χ2n) is 2.33. The van der Waals surface area contributed by atoms with E-state index in [0.29, 0.717) is 11.5 Å². The van der Waals surface area contributed by atoms with Crippen molar-refractivity contribution in [3.05, 3.63) is 36.7 Å². The fourth-order valence-corrected chi connectivity index (χ4v) is 1.000. The Labute approximate surface area is 69.3 Å². The maximum absolute atomic E-state index is 11.2. The molecule has 0 spiro atoms. The van der Waals surface area contributed by atoms with E-state index in [2.05, 4.69) is 4.98 Å². The Morgan fingerprint density at radius 1 is 1.25 bits per heavy atom. The van der Waals surface area contributed by atoms with Gasteiger partial charge in [0.1, 0.15) is 6.26 Å². The molecule has 0 atom stereocenters. The van der Waals surface area contributed by atoms with Gasteiger partial charge in [0.25, 0.3) is 0 Å². The van der Waals surface area contributed by atoms with Crippen molar-refractivity contribution in [2.45, 2.75) is 0 Å². The van der Waals surface area contributed by atoms with E-state index in [-0.39, 0.29) is 5.75 Å². The molecule has 0 aliphatic carbocycles. The monoisotopic (exact) mass is 160 g/mol. The van der Waals surface area contributed by atoms with E-state index in [9.17, 15) is 5.11 Å². The van der Waals surface area contributed by atoms with Crippen molar-refractivity contribution in [1.29, 1.82) is 0 Å². The molecule has 12 heavy (non-hydrogen) atoms. The molecule has 0 bridgehead atoms. The average molecular weight is 160 g/mol. The summed E-state index contributed by atoms with van der Waals surface area (Å²) in [6.45, 7) is 0. The second-order valence-corrected chi connectivity index (χ2v) is 2.33. The van der Waals surface area contributed by atoms with Crippen LogP contribution < -0.4 is 0 Å². The van der Waals surface area contributed by atoms with Crippen LogP contribution in [0, 0.1) is 0 Å². The number of oxazole rings is 1. The summed E-state index contributed by atoms with van der Waals surface area (Å²) < 4.78 is 4.99. The maximum Gasteiger partial charge on any atom is 0.229 e. The molecule has 3 heteroatoms. The summed E-state index contributed by atoms with van der Waals surface area (Å²) in [6.07, 6.45) is 2.96. The SMILES string of the molecule is [O]c1ccccc1-c1ncco1. The number of para-hydroxylation sites is 1. The van der Waals surface area contributed by atoms with Gasteiger partial charge in [-0.15, -0.1) is 0 Å². The number of benzene rings is 1. The van der Waals surface area contributed by atoms with Gasteiger partial charge in [-0.3, -0.25) is 5.11 Å². The topological polar surface area (TPSA) is 45.9 Å². The van der Waals surface area contributed by atoms with Gasteiger partial charge in [0.2, 0.25) is 5.89 Å². The van der Waals surface area contributed by atoms with Crippen molar-refractivity contribution in [2.24, 2.45) is 0 Å². The largest absolute Gasteiger partial charge is 0.444 e. The van der Waals surface area contributed by atoms with E-state index < -0.39 is 0 Å². The second kappa shape index (κ2) is 2.70. The molecule has 2 rings (SSSR count). The standard InChI is InChI=1S/C9H6NO2/c11-8-4-2-1-3-7(8)9-10-5-6-12-9/h1-6H. The molecule has 1 heterocycles. The zero-order valence-corrected chi connectivity index (χ0v) is 6.23. The summed E-state index contributed by atoms with van der Waals surface area (Å²) in [5.74, 6) is 0.306. The van der Waals surface area contributed by atoms with Crippen LogP contribution in [0.25, 0.3) is 11.5 Å². The van der Waals surface area contributed by atoms with Crippen LogP contribution in [0.1, 0.15) is 0 Å².